The second kappa shape index (κ2) is 5.20. The third kappa shape index (κ3) is 2.14. The molecular weight excluding hydrogens is 274 g/mol. The number of carbonyl (C=O) groups is 2. The molecule has 1 N–H and O–H groups in total. The highest BCUT2D eigenvalue weighted by molar-refractivity contribution is 7.08. The van der Waals surface area contributed by atoms with Crippen molar-refractivity contribution in [2.24, 2.45) is 5.92 Å². The molecule has 2 aliphatic rings. The van der Waals surface area contributed by atoms with Crippen molar-refractivity contribution in [2.45, 2.75) is 51.1 Å². The van der Waals surface area contributed by atoms with E-state index in [1.807, 2.05) is 17.7 Å². The Labute approximate surface area is 122 Å². The number of fused-ring (bicyclic) bond motifs is 1. The zero-order valence-corrected chi connectivity index (χ0v) is 12.4. The van der Waals surface area contributed by atoms with E-state index >= 15 is 0 Å². The first-order valence-corrected chi connectivity index (χ1v) is 8.12. The molecule has 1 aliphatic heterocycles. The van der Waals surface area contributed by atoms with Gasteiger partial charge in [0, 0.05) is 11.4 Å². The second-order valence-corrected chi connectivity index (χ2v) is 6.63. The highest BCUT2D eigenvalue weighted by Gasteiger charge is 2.47. The maximum absolute atomic E-state index is 12.8. The lowest BCUT2D eigenvalue weighted by molar-refractivity contribution is -0.141. The summed E-state index contributed by atoms with van der Waals surface area (Å²) in [5, 5.41) is 13.2. The van der Waals surface area contributed by atoms with Gasteiger partial charge >= 0.3 is 5.97 Å². The summed E-state index contributed by atoms with van der Waals surface area (Å²) in [6.07, 6.45) is 4.88. The summed E-state index contributed by atoms with van der Waals surface area (Å²) in [5.74, 6) is -0.584. The Kier molecular flexibility index (Phi) is 3.54. The Morgan fingerprint density at radius 1 is 1.30 bits per heavy atom. The number of likely N-dealkylation sites (tertiary alicyclic amines) is 1. The van der Waals surface area contributed by atoms with Gasteiger partial charge in [0.2, 0.25) is 0 Å². The Hall–Kier alpha value is -1.36. The van der Waals surface area contributed by atoms with Gasteiger partial charge in [0.15, 0.2) is 0 Å². The van der Waals surface area contributed by atoms with Crippen molar-refractivity contribution in [3.05, 3.63) is 21.9 Å². The number of aryl methyl sites for hydroxylation is 1. The summed E-state index contributed by atoms with van der Waals surface area (Å²) < 4.78 is 0. The first-order chi connectivity index (χ1) is 9.59. The number of nitrogens with zero attached hydrogens (tertiary/aromatic N) is 1. The quantitative estimate of drug-likeness (QED) is 0.912. The Balaban J connectivity index is 1.93. The molecule has 4 nitrogen and oxygen atoms in total. The van der Waals surface area contributed by atoms with E-state index in [1.54, 1.807) is 4.90 Å². The van der Waals surface area contributed by atoms with Crippen LogP contribution in [-0.4, -0.2) is 34.0 Å². The summed E-state index contributed by atoms with van der Waals surface area (Å²) in [5.41, 5.74) is 1.62. The van der Waals surface area contributed by atoms with Crippen molar-refractivity contribution in [1.82, 2.24) is 4.90 Å². The van der Waals surface area contributed by atoms with E-state index in [-0.39, 0.29) is 11.9 Å². The molecule has 3 rings (SSSR count). The summed E-state index contributed by atoms with van der Waals surface area (Å²) in [7, 11) is 0. The van der Waals surface area contributed by atoms with Gasteiger partial charge in [-0.2, -0.15) is 11.3 Å². The number of carbonyl (C=O) groups excluding carboxylic acids is 1. The molecule has 0 spiro atoms. The van der Waals surface area contributed by atoms with Crippen LogP contribution in [-0.2, 0) is 4.79 Å². The molecule has 108 valence electrons. The van der Waals surface area contributed by atoms with Crippen molar-refractivity contribution in [2.75, 3.05) is 0 Å². The maximum atomic E-state index is 12.8. The lowest BCUT2D eigenvalue weighted by Gasteiger charge is -2.33. The van der Waals surface area contributed by atoms with Crippen LogP contribution in [0.3, 0.4) is 0 Å². The fraction of sp³-hybridized carbons (Fsp3) is 0.600. The number of rotatable bonds is 2. The molecule has 1 aromatic heterocycles. The first-order valence-electron chi connectivity index (χ1n) is 7.18. The van der Waals surface area contributed by atoms with Gasteiger partial charge in [0.1, 0.15) is 6.04 Å². The van der Waals surface area contributed by atoms with Crippen LogP contribution in [0.1, 0.15) is 48.0 Å². The number of carboxylic acid groups (broad SMARTS) is 1. The molecule has 20 heavy (non-hydrogen) atoms. The molecule has 3 atom stereocenters. The average Bonchev–Trinajstić information content (AvgIpc) is 3.01. The molecule has 2 heterocycles. The molecule has 0 aromatic carbocycles. The van der Waals surface area contributed by atoms with Crippen LogP contribution < -0.4 is 0 Å². The van der Waals surface area contributed by atoms with Gasteiger partial charge in [-0.15, -0.1) is 0 Å². The fourth-order valence-electron chi connectivity index (χ4n) is 3.69. The summed E-state index contributed by atoms with van der Waals surface area (Å²) >= 11 is 1.50. The average molecular weight is 293 g/mol. The first kappa shape index (κ1) is 13.6. The Morgan fingerprint density at radius 3 is 2.70 bits per heavy atom. The largest absolute Gasteiger partial charge is 0.480 e. The molecule has 2 fully saturated rings. The van der Waals surface area contributed by atoms with Gasteiger partial charge in [0.25, 0.3) is 5.91 Å². The van der Waals surface area contributed by atoms with E-state index in [4.69, 9.17) is 0 Å². The van der Waals surface area contributed by atoms with Crippen molar-refractivity contribution < 1.29 is 14.7 Å². The minimum atomic E-state index is -0.861. The topological polar surface area (TPSA) is 57.6 Å². The number of carboxylic acids is 1. The smallest absolute Gasteiger partial charge is 0.326 e. The predicted molar refractivity (Wildman–Crippen MR) is 77.0 cm³/mol. The van der Waals surface area contributed by atoms with Crippen LogP contribution in [0.2, 0.25) is 0 Å². The Morgan fingerprint density at radius 2 is 2.05 bits per heavy atom. The number of aliphatic carboxylic acids is 1. The number of hydrogen-bond acceptors (Lipinski definition) is 3. The molecule has 1 amide bonds. The van der Waals surface area contributed by atoms with Crippen molar-refractivity contribution >= 4 is 23.2 Å². The SMILES string of the molecule is Cc1cscc1C(=O)N1[C@H](C(=O)O)C[C@H]2CCCC[C@@H]21. The standard InChI is InChI=1S/C15H19NO3S/c1-9-7-20-8-11(9)14(17)16-12-5-3-2-4-10(12)6-13(16)15(18)19/h7-8,10,12-13H,2-6H2,1H3,(H,18,19)/t10-,12+,13+/m1/s1. The Bertz CT molecular complexity index is 539. The predicted octanol–water partition coefficient (Wildman–Crippen LogP) is 2.91. The summed E-state index contributed by atoms with van der Waals surface area (Å²) in [6, 6.07) is -0.522. The van der Waals surface area contributed by atoms with E-state index in [0.717, 1.165) is 31.2 Å². The van der Waals surface area contributed by atoms with Gasteiger partial charge < -0.3 is 10.0 Å². The lowest BCUT2D eigenvalue weighted by atomic mass is 9.84. The molecular formula is C15H19NO3S. The summed E-state index contributed by atoms with van der Waals surface area (Å²) in [4.78, 5) is 26.0. The minimum absolute atomic E-state index is 0.0921. The maximum Gasteiger partial charge on any atom is 0.326 e. The normalized spacial score (nSPS) is 29.2. The van der Waals surface area contributed by atoms with Gasteiger partial charge in [-0.1, -0.05) is 12.8 Å². The second-order valence-electron chi connectivity index (χ2n) is 5.88. The van der Waals surface area contributed by atoms with Crippen molar-refractivity contribution in [1.29, 1.82) is 0 Å². The molecule has 1 saturated carbocycles. The van der Waals surface area contributed by atoms with Crippen molar-refractivity contribution in [3.8, 4) is 0 Å². The fourth-order valence-corrected chi connectivity index (χ4v) is 4.51. The van der Waals surface area contributed by atoms with E-state index in [2.05, 4.69) is 0 Å². The zero-order valence-electron chi connectivity index (χ0n) is 11.5. The van der Waals surface area contributed by atoms with E-state index in [1.165, 1.54) is 11.3 Å². The number of hydrogen-bond donors (Lipinski definition) is 1. The van der Waals surface area contributed by atoms with Crippen LogP contribution in [0.5, 0.6) is 0 Å². The van der Waals surface area contributed by atoms with E-state index in [9.17, 15) is 14.7 Å². The molecule has 1 saturated heterocycles. The monoisotopic (exact) mass is 293 g/mol. The number of amides is 1. The van der Waals surface area contributed by atoms with Gasteiger partial charge in [-0.3, -0.25) is 4.79 Å². The van der Waals surface area contributed by atoms with Crippen LogP contribution in [0.25, 0.3) is 0 Å². The van der Waals surface area contributed by atoms with Crippen LogP contribution in [0, 0.1) is 12.8 Å². The van der Waals surface area contributed by atoms with Gasteiger partial charge in [-0.05, 0) is 43.0 Å². The summed E-state index contributed by atoms with van der Waals surface area (Å²) in [6.45, 7) is 1.91. The molecule has 5 heteroatoms. The molecule has 0 radical (unpaired) electrons. The van der Waals surface area contributed by atoms with E-state index in [0.29, 0.717) is 17.9 Å². The lowest BCUT2D eigenvalue weighted by Crippen LogP contribution is -2.46. The molecule has 1 aliphatic carbocycles. The molecule has 0 bridgehead atoms. The molecule has 1 aromatic rings. The third-order valence-corrected chi connectivity index (χ3v) is 5.55. The number of thiophene rings is 1. The highest BCUT2D eigenvalue weighted by atomic mass is 32.1. The van der Waals surface area contributed by atoms with Gasteiger partial charge in [0.05, 0.1) is 5.56 Å². The van der Waals surface area contributed by atoms with E-state index < -0.39 is 12.0 Å². The van der Waals surface area contributed by atoms with Crippen LogP contribution in [0.15, 0.2) is 10.8 Å². The van der Waals surface area contributed by atoms with Crippen LogP contribution >= 0.6 is 11.3 Å². The third-order valence-electron chi connectivity index (χ3n) is 4.69. The van der Waals surface area contributed by atoms with Gasteiger partial charge in [-0.25, -0.2) is 4.79 Å². The highest BCUT2D eigenvalue weighted by Crippen LogP contribution is 2.40. The zero-order chi connectivity index (χ0) is 14.3. The molecule has 0 unspecified atom stereocenters. The van der Waals surface area contributed by atoms with Crippen LogP contribution in [0.4, 0.5) is 0 Å². The minimum Gasteiger partial charge on any atom is -0.480 e. The van der Waals surface area contributed by atoms with Crippen molar-refractivity contribution in [3.63, 3.8) is 0 Å².